The molecule has 0 unspecified atom stereocenters. The average molecular weight is 258 g/mol. The molecule has 1 fully saturated rings. The monoisotopic (exact) mass is 258 g/mol. The number of piperidine rings is 1. The summed E-state index contributed by atoms with van der Waals surface area (Å²) in [6, 6.07) is 0. The molecule has 3 nitrogen and oxygen atoms in total. The third kappa shape index (κ3) is 7.34. The zero-order chi connectivity index (χ0) is 14.4. The van der Waals surface area contributed by atoms with Crippen molar-refractivity contribution in [2.24, 2.45) is 5.41 Å². The van der Waals surface area contributed by atoms with E-state index in [-0.39, 0.29) is 0 Å². The maximum atomic E-state index is 9.79. The van der Waals surface area contributed by atoms with Gasteiger partial charge >= 0.3 is 0 Å². The van der Waals surface area contributed by atoms with Crippen LogP contribution >= 0.6 is 0 Å². The smallest absolute Gasteiger partial charge is 0.0718 e. The lowest BCUT2D eigenvalue weighted by Gasteiger charge is -2.41. The lowest BCUT2D eigenvalue weighted by Crippen LogP contribution is -2.45. The zero-order valence-electron chi connectivity index (χ0n) is 13.6. The molecular weight excluding hydrogens is 224 g/mol. The van der Waals surface area contributed by atoms with E-state index in [0.29, 0.717) is 5.41 Å². The molecule has 0 aliphatic carbocycles. The van der Waals surface area contributed by atoms with Crippen LogP contribution in [0.4, 0.5) is 0 Å². The Balaban J connectivity index is 0.00000137. The Hall–Kier alpha value is -0.120. The first-order chi connectivity index (χ1) is 8.20. The lowest BCUT2D eigenvalue weighted by atomic mass is 9.80. The molecule has 110 valence electrons. The van der Waals surface area contributed by atoms with Crippen LogP contribution in [0.3, 0.4) is 0 Å². The van der Waals surface area contributed by atoms with Gasteiger partial charge in [-0.2, -0.15) is 0 Å². The topological polar surface area (TPSA) is 26.7 Å². The minimum atomic E-state index is -0.587. The summed E-state index contributed by atoms with van der Waals surface area (Å²) < 4.78 is 0. The highest BCUT2D eigenvalue weighted by atomic mass is 16.3. The van der Waals surface area contributed by atoms with E-state index in [9.17, 15) is 5.11 Å². The predicted octanol–water partition coefficient (Wildman–Crippen LogP) is 2.45. The lowest BCUT2D eigenvalue weighted by molar-refractivity contribution is 0.0215. The van der Waals surface area contributed by atoms with Crippen LogP contribution in [0.1, 0.15) is 47.5 Å². The summed E-state index contributed by atoms with van der Waals surface area (Å²) in [5.41, 5.74) is -0.164. The number of rotatable bonds is 4. The van der Waals surface area contributed by atoms with Gasteiger partial charge in [0.05, 0.1) is 5.60 Å². The molecule has 0 spiro atoms. The number of aliphatic hydroxyl groups is 1. The Morgan fingerprint density at radius 1 is 1.22 bits per heavy atom. The van der Waals surface area contributed by atoms with E-state index in [1.165, 1.54) is 25.9 Å². The van der Waals surface area contributed by atoms with E-state index in [4.69, 9.17) is 0 Å². The summed E-state index contributed by atoms with van der Waals surface area (Å²) in [5.74, 6) is 0. The largest absolute Gasteiger partial charge is 0.389 e. The van der Waals surface area contributed by atoms with Gasteiger partial charge in [-0.3, -0.25) is 0 Å². The van der Waals surface area contributed by atoms with Crippen molar-refractivity contribution in [1.29, 1.82) is 0 Å². The Labute approximate surface area is 114 Å². The summed E-state index contributed by atoms with van der Waals surface area (Å²) in [7, 11) is 4.31. The quantitative estimate of drug-likeness (QED) is 0.839. The molecule has 1 rings (SSSR count). The van der Waals surface area contributed by atoms with E-state index >= 15 is 0 Å². The molecule has 1 aliphatic heterocycles. The van der Waals surface area contributed by atoms with Crippen molar-refractivity contribution in [1.82, 2.24) is 9.80 Å². The van der Waals surface area contributed by atoms with Crippen LogP contribution in [0.25, 0.3) is 0 Å². The van der Waals surface area contributed by atoms with E-state index in [1.807, 2.05) is 27.7 Å². The fourth-order valence-electron chi connectivity index (χ4n) is 2.68. The number of hydrogen-bond donors (Lipinski definition) is 1. The van der Waals surface area contributed by atoms with Gasteiger partial charge in [0.25, 0.3) is 0 Å². The fourth-order valence-corrected chi connectivity index (χ4v) is 2.68. The maximum absolute atomic E-state index is 9.79. The molecule has 18 heavy (non-hydrogen) atoms. The Morgan fingerprint density at radius 2 is 1.67 bits per heavy atom. The second-order valence-corrected chi connectivity index (χ2v) is 6.60. The SMILES string of the molecule is CC.CN1CCC(C)(CN(C)CC(C)(C)O)CC1. The van der Waals surface area contributed by atoms with Gasteiger partial charge in [0.1, 0.15) is 0 Å². The fraction of sp³-hybridized carbons (Fsp3) is 1.00. The first-order valence-corrected chi connectivity index (χ1v) is 7.30. The Bertz CT molecular complexity index is 215. The summed E-state index contributed by atoms with van der Waals surface area (Å²) >= 11 is 0. The standard InChI is InChI=1S/C13H28N2O.C2H6/c1-12(2,16)10-15(5)11-13(3)6-8-14(4)9-7-13;1-2/h16H,6-11H2,1-5H3;1-2H3. The van der Waals surface area contributed by atoms with Crippen LogP contribution in [-0.4, -0.2) is 60.8 Å². The molecule has 0 saturated carbocycles. The van der Waals surface area contributed by atoms with Crippen LogP contribution in [-0.2, 0) is 0 Å². The molecule has 0 aromatic carbocycles. The highest BCUT2D eigenvalue weighted by Crippen LogP contribution is 2.31. The minimum absolute atomic E-state index is 0.423. The van der Waals surface area contributed by atoms with Gasteiger partial charge in [-0.05, 0) is 59.3 Å². The first-order valence-electron chi connectivity index (χ1n) is 7.30. The average Bonchev–Trinajstić information content (AvgIpc) is 2.23. The van der Waals surface area contributed by atoms with Gasteiger partial charge in [0.15, 0.2) is 0 Å². The van der Waals surface area contributed by atoms with Crippen molar-refractivity contribution >= 4 is 0 Å². The minimum Gasteiger partial charge on any atom is -0.389 e. The normalized spacial score (nSPS) is 20.5. The van der Waals surface area contributed by atoms with Crippen LogP contribution < -0.4 is 0 Å². The van der Waals surface area contributed by atoms with Crippen molar-refractivity contribution in [2.75, 3.05) is 40.3 Å². The molecule has 0 atom stereocenters. The number of likely N-dealkylation sites (N-methyl/N-ethyl adjacent to an activating group) is 1. The van der Waals surface area contributed by atoms with Crippen molar-refractivity contribution < 1.29 is 5.11 Å². The highest BCUT2D eigenvalue weighted by Gasteiger charge is 2.30. The number of likely N-dealkylation sites (tertiary alicyclic amines) is 1. The molecule has 0 aromatic rings. The van der Waals surface area contributed by atoms with E-state index < -0.39 is 5.60 Å². The molecule has 1 N–H and O–H groups in total. The second kappa shape index (κ2) is 7.46. The summed E-state index contributed by atoms with van der Waals surface area (Å²) in [5, 5.41) is 9.79. The van der Waals surface area contributed by atoms with Gasteiger partial charge in [0, 0.05) is 13.1 Å². The van der Waals surface area contributed by atoms with Crippen LogP contribution in [0.2, 0.25) is 0 Å². The van der Waals surface area contributed by atoms with Crippen LogP contribution in [0.15, 0.2) is 0 Å². The highest BCUT2D eigenvalue weighted by molar-refractivity contribution is 4.84. The van der Waals surface area contributed by atoms with E-state index in [2.05, 4.69) is 30.8 Å². The Kier molecular flexibility index (Phi) is 7.41. The summed E-state index contributed by atoms with van der Waals surface area (Å²) in [4.78, 5) is 4.67. The molecule has 0 amide bonds. The Morgan fingerprint density at radius 3 is 2.06 bits per heavy atom. The number of nitrogens with zero attached hydrogens (tertiary/aromatic N) is 2. The van der Waals surface area contributed by atoms with E-state index in [1.54, 1.807) is 0 Å². The molecule has 3 heteroatoms. The summed E-state index contributed by atoms with van der Waals surface area (Å²) in [6.45, 7) is 14.4. The van der Waals surface area contributed by atoms with Gasteiger partial charge < -0.3 is 14.9 Å². The van der Waals surface area contributed by atoms with Gasteiger partial charge in [-0.15, -0.1) is 0 Å². The third-order valence-electron chi connectivity index (χ3n) is 3.50. The van der Waals surface area contributed by atoms with E-state index in [0.717, 1.165) is 13.1 Å². The predicted molar refractivity (Wildman–Crippen MR) is 80.0 cm³/mol. The van der Waals surface area contributed by atoms with Crippen molar-refractivity contribution in [3.05, 3.63) is 0 Å². The molecule has 0 bridgehead atoms. The second-order valence-electron chi connectivity index (χ2n) is 6.60. The van der Waals surface area contributed by atoms with Crippen molar-refractivity contribution in [3.8, 4) is 0 Å². The van der Waals surface area contributed by atoms with Crippen LogP contribution in [0, 0.1) is 5.41 Å². The first kappa shape index (κ1) is 17.9. The molecular formula is C15H34N2O. The van der Waals surface area contributed by atoms with Gasteiger partial charge in [0.2, 0.25) is 0 Å². The summed E-state index contributed by atoms with van der Waals surface area (Å²) in [6.07, 6.45) is 2.53. The van der Waals surface area contributed by atoms with Gasteiger partial charge in [-0.1, -0.05) is 20.8 Å². The molecule has 0 aromatic heterocycles. The molecule has 1 aliphatic rings. The molecule has 0 radical (unpaired) electrons. The molecule has 1 heterocycles. The van der Waals surface area contributed by atoms with Gasteiger partial charge in [-0.25, -0.2) is 0 Å². The maximum Gasteiger partial charge on any atom is 0.0718 e. The van der Waals surface area contributed by atoms with Crippen molar-refractivity contribution in [2.45, 2.75) is 53.1 Å². The van der Waals surface area contributed by atoms with Crippen LogP contribution in [0.5, 0.6) is 0 Å². The van der Waals surface area contributed by atoms with Crippen molar-refractivity contribution in [3.63, 3.8) is 0 Å². The molecule has 1 saturated heterocycles. The zero-order valence-corrected chi connectivity index (χ0v) is 13.6. The third-order valence-corrected chi connectivity index (χ3v) is 3.50. The number of hydrogen-bond acceptors (Lipinski definition) is 3.